The number of nitrogens with zero attached hydrogens (tertiary/aromatic N) is 1. The van der Waals surface area contributed by atoms with E-state index in [1.165, 1.54) is 283 Å². The Labute approximate surface area is 461 Å². The van der Waals surface area contributed by atoms with Gasteiger partial charge in [0.1, 0.15) is 19.8 Å². The van der Waals surface area contributed by atoms with Crippen LogP contribution < -0.4 is 0 Å². The SMILES string of the molecule is CCCCCCCCCCCCCCCCCCCCCCCCCCCCCCCCC(=O)OC(COC(=O)CCCCCCCCCCCCCCCCCCCCCC)COP(=O)(O)OCC[N+](C)(C)C. The summed E-state index contributed by atoms with van der Waals surface area (Å²) in [6.07, 6.45) is 66.3. The van der Waals surface area contributed by atoms with Crippen LogP contribution in [0, 0.1) is 0 Å². The van der Waals surface area contributed by atoms with Crippen molar-refractivity contribution < 1.29 is 42.1 Å². The van der Waals surface area contributed by atoms with Gasteiger partial charge in [-0.2, -0.15) is 0 Å². The average molecular weight is 1070 g/mol. The Hall–Kier alpha value is -0.990. The van der Waals surface area contributed by atoms with Gasteiger partial charge in [0.25, 0.3) is 0 Å². The lowest BCUT2D eigenvalue weighted by Crippen LogP contribution is -2.37. The molecule has 0 fully saturated rings. The number of hydrogen-bond acceptors (Lipinski definition) is 7. The smallest absolute Gasteiger partial charge is 0.462 e. The number of rotatable bonds is 62. The molecule has 0 heterocycles. The van der Waals surface area contributed by atoms with E-state index in [4.69, 9.17) is 18.5 Å². The number of carbonyl (C=O) groups is 2. The molecule has 0 saturated carbocycles. The number of ether oxygens (including phenoxy) is 2. The summed E-state index contributed by atoms with van der Waals surface area (Å²) in [5.74, 6) is -0.770. The zero-order chi connectivity index (χ0) is 54.2. The van der Waals surface area contributed by atoms with Crippen LogP contribution in [-0.2, 0) is 32.7 Å². The van der Waals surface area contributed by atoms with Gasteiger partial charge in [0.05, 0.1) is 27.7 Å². The largest absolute Gasteiger partial charge is 0.472 e. The van der Waals surface area contributed by atoms with Crippen molar-refractivity contribution in [2.45, 2.75) is 354 Å². The standard InChI is InChI=1S/C64H128NO8P/c1-6-8-10-12-14-16-18-20-22-24-26-28-29-30-31-32-33-34-35-36-37-39-41-43-45-47-49-51-53-55-57-64(67)73-62(61-72-74(68,69)71-59-58-65(3,4)5)60-70-63(66)56-54-52-50-48-46-44-42-40-38-27-25-23-21-19-17-15-13-11-9-7-2/h62H,6-61H2,1-5H3/p+1. The van der Waals surface area contributed by atoms with Gasteiger partial charge in [0.15, 0.2) is 6.10 Å². The fraction of sp³-hybridized carbons (Fsp3) is 0.969. The van der Waals surface area contributed by atoms with E-state index in [1.54, 1.807) is 0 Å². The van der Waals surface area contributed by atoms with Crippen LogP contribution in [0.5, 0.6) is 0 Å². The van der Waals surface area contributed by atoms with Gasteiger partial charge >= 0.3 is 19.8 Å². The molecule has 0 aliphatic heterocycles. The molecule has 0 aliphatic carbocycles. The highest BCUT2D eigenvalue weighted by Gasteiger charge is 2.27. The molecule has 0 amide bonds. The zero-order valence-electron chi connectivity index (χ0n) is 50.4. The quantitative estimate of drug-likeness (QED) is 0.0278. The second-order valence-electron chi connectivity index (χ2n) is 23.9. The molecule has 0 spiro atoms. The molecule has 442 valence electrons. The minimum Gasteiger partial charge on any atom is -0.462 e. The Kier molecular flexibility index (Phi) is 56.0. The van der Waals surface area contributed by atoms with Crippen LogP contribution in [0.1, 0.15) is 348 Å². The van der Waals surface area contributed by atoms with E-state index in [-0.39, 0.29) is 25.6 Å². The summed E-state index contributed by atoms with van der Waals surface area (Å²) < 4.78 is 34.7. The number of quaternary nitrogens is 1. The minimum absolute atomic E-state index is 0.0376. The highest BCUT2D eigenvalue weighted by Crippen LogP contribution is 2.43. The molecule has 0 aromatic heterocycles. The summed E-state index contributed by atoms with van der Waals surface area (Å²) in [7, 11) is 1.51. The summed E-state index contributed by atoms with van der Waals surface area (Å²) in [4.78, 5) is 35.8. The van der Waals surface area contributed by atoms with Crippen LogP contribution in [0.2, 0.25) is 0 Å². The molecule has 2 unspecified atom stereocenters. The number of carbonyl (C=O) groups excluding carboxylic acids is 2. The molecule has 10 heteroatoms. The molecule has 9 nitrogen and oxygen atoms in total. The third-order valence-corrected chi connectivity index (χ3v) is 16.1. The van der Waals surface area contributed by atoms with Crippen molar-refractivity contribution in [1.82, 2.24) is 0 Å². The number of phosphoric ester groups is 1. The highest BCUT2D eigenvalue weighted by atomic mass is 31.2. The van der Waals surface area contributed by atoms with E-state index in [2.05, 4.69) is 13.8 Å². The number of hydrogen-bond donors (Lipinski definition) is 1. The zero-order valence-corrected chi connectivity index (χ0v) is 51.3. The number of esters is 2. The molecular weight excluding hydrogens is 942 g/mol. The van der Waals surface area contributed by atoms with Crippen LogP contribution in [0.3, 0.4) is 0 Å². The highest BCUT2D eigenvalue weighted by molar-refractivity contribution is 7.47. The topological polar surface area (TPSA) is 108 Å². The summed E-state index contributed by atoms with van der Waals surface area (Å²) in [5.41, 5.74) is 0. The molecule has 0 aliphatic rings. The predicted molar refractivity (Wildman–Crippen MR) is 317 cm³/mol. The Morgan fingerprint density at radius 2 is 0.608 bits per heavy atom. The normalized spacial score (nSPS) is 13.1. The molecule has 0 rings (SSSR count). The first-order valence-corrected chi connectivity index (χ1v) is 34.3. The maximum absolute atomic E-state index is 12.8. The van der Waals surface area contributed by atoms with Crippen molar-refractivity contribution in [1.29, 1.82) is 0 Å². The van der Waals surface area contributed by atoms with Gasteiger partial charge in [-0.25, -0.2) is 4.57 Å². The van der Waals surface area contributed by atoms with Crippen molar-refractivity contribution in [2.75, 3.05) is 47.5 Å². The molecule has 0 radical (unpaired) electrons. The van der Waals surface area contributed by atoms with Crippen LogP contribution >= 0.6 is 7.82 Å². The van der Waals surface area contributed by atoms with Crippen LogP contribution in [-0.4, -0.2) is 74.9 Å². The van der Waals surface area contributed by atoms with Crippen LogP contribution in [0.25, 0.3) is 0 Å². The summed E-state index contributed by atoms with van der Waals surface area (Å²) >= 11 is 0. The lowest BCUT2D eigenvalue weighted by Gasteiger charge is -2.24. The van der Waals surface area contributed by atoms with Gasteiger partial charge in [-0.3, -0.25) is 18.6 Å². The second-order valence-corrected chi connectivity index (χ2v) is 25.3. The molecule has 2 atom stereocenters. The Bertz CT molecular complexity index is 1210. The number of unbranched alkanes of at least 4 members (excludes halogenated alkanes) is 48. The number of likely N-dealkylation sites (N-methyl/N-ethyl adjacent to an activating group) is 1. The molecule has 0 saturated heterocycles. The van der Waals surface area contributed by atoms with E-state index in [0.717, 1.165) is 38.5 Å². The lowest BCUT2D eigenvalue weighted by molar-refractivity contribution is -0.870. The maximum Gasteiger partial charge on any atom is 0.472 e. The fourth-order valence-corrected chi connectivity index (χ4v) is 10.8. The van der Waals surface area contributed by atoms with Crippen molar-refractivity contribution in [2.24, 2.45) is 0 Å². The summed E-state index contributed by atoms with van der Waals surface area (Å²) in [5, 5.41) is 0. The van der Waals surface area contributed by atoms with E-state index in [0.29, 0.717) is 17.4 Å². The van der Waals surface area contributed by atoms with Crippen molar-refractivity contribution in [3.05, 3.63) is 0 Å². The van der Waals surface area contributed by atoms with E-state index < -0.39 is 26.5 Å². The Balaban J connectivity index is 3.99. The first-order valence-electron chi connectivity index (χ1n) is 32.8. The van der Waals surface area contributed by atoms with Gasteiger partial charge in [0.2, 0.25) is 0 Å². The van der Waals surface area contributed by atoms with Crippen LogP contribution in [0.4, 0.5) is 0 Å². The molecule has 0 aromatic rings. The first kappa shape index (κ1) is 73.0. The van der Waals surface area contributed by atoms with E-state index in [9.17, 15) is 19.0 Å². The van der Waals surface area contributed by atoms with E-state index in [1.807, 2.05) is 21.1 Å². The molecular formula is C64H129NO8P+. The molecule has 1 N–H and O–H groups in total. The Morgan fingerprint density at radius 3 is 0.865 bits per heavy atom. The molecule has 74 heavy (non-hydrogen) atoms. The number of phosphoric acid groups is 1. The summed E-state index contributed by atoms with van der Waals surface area (Å²) in [6.45, 7) is 4.52. The second kappa shape index (κ2) is 56.7. The maximum atomic E-state index is 12.8. The monoisotopic (exact) mass is 1070 g/mol. The van der Waals surface area contributed by atoms with Crippen molar-refractivity contribution >= 4 is 19.8 Å². The average Bonchev–Trinajstić information content (AvgIpc) is 3.36. The lowest BCUT2D eigenvalue weighted by atomic mass is 10.0. The van der Waals surface area contributed by atoms with Gasteiger partial charge < -0.3 is 18.9 Å². The third kappa shape index (κ3) is 60.2. The minimum atomic E-state index is -4.38. The van der Waals surface area contributed by atoms with Gasteiger partial charge in [-0.1, -0.05) is 322 Å². The molecule has 0 aromatic carbocycles. The third-order valence-electron chi connectivity index (χ3n) is 15.1. The van der Waals surface area contributed by atoms with Crippen LogP contribution in [0.15, 0.2) is 0 Å². The van der Waals surface area contributed by atoms with E-state index >= 15 is 0 Å². The van der Waals surface area contributed by atoms with Gasteiger partial charge in [-0.05, 0) is 12.8 Å². The molecule has 0 bridgehead atoms. The van der Waals surface area contributed by atoms with Gasteiger partial charge in [-0.15, -0.1) is 0 Å². The predicted octanol–water partition coefficient (Wildman–Crippen LogP) is 20.6. The van der Waals surface area contributed by atoms with Gasteiger partial charge in [0, 0.05) is 12.8 Å². The first-order chi connectivity index (χ1) is 36.0. The van der Waals surface area contributed by atoms with Crippen molar-refractivity contribution in [3.63, 3.8) is 0 Å². The fourth-order valence-electron chi connectivity index (χ4n) is 10.1. The summed E-state index contributed by atoms with van der Waals surface area (Å²) in [6, 6.07) is 0. The Morgan fingerprint density at radius 1 is 0.365 bits per heavy atom. The van der Waals surface area contributed by atoms with Crippen molar-refractivity contribution in [3.8, 4) is 0 Å².